The number of carbonyl (C=O) groups is 3. The van der Waals surface area contributed by atoms with E-state index in [-0.39, 0.29) is 6.04 Å². The molecule has 0 atom stereocenters. The van der Waals surface area contributed by atoms with Crippen LogP contribution in [-0.4, -0.2) is 42.3 Å². The molecule has 1 aliphatic heterocycles. The fraction of sp³-hybridized carbons (Fsp3) is 0.450. The highest BCUT2D eigenvalue weighted by Gasteiger charge is 2.38. The van der Waals surface area contributed by atoms with Gasteiger partial charge >= 0.3 is 5.97 Å². The van der Waals surface area contributed by atoms with Crippen molar-refractivity contribution in [1.82, 2.24) is 4.90 Å². The molecule has 6 heteroatoms. The highest BCUT2D eigenvalue weighted by molar-refractivity contribution is 6.46. The van der Waals surface area contributed by atoms with E-state index in [1.807, 2.05) is 0 Å². The number of rotatable bonds is 4. The fourth-order valence-electron chi connectivity index (χ4n) is 3.61. The zero-order valence-electron chi connectivity index (χ0n) is 15.1. The van der Waals surface area contributed by atoms with Crippen LogP contribution >= 0.6 is 0 Å². The average Bonchev–Trinajstić information content (AvgIpc) is 2.91. The van der Waals surface area contributed by atoms with Crippen LogP contribution in [0.1, 0.15) is 44.6 Å². The number of Topliss-reactive ketones (excluding diaryl/α,β-unsaturated/α-hetero) is 1. The Labute approximate surface area is 152 Å². The smallest absolute Gasteiger partial charge is 0.308 e. The van der Waals surface area contributed by atoms with Gasteiger partial charge in [0.05, 0.1) is 13.7 Å². The quantitative estimate of drug-likeness (QED) is 0.359. The summed E-state index contributed by atoms with van der Waals surface area (Å²) < 4.78 is 10.3. The normalized spacial score (nSPS) is 19.9. The van der Waals surface area contributed by atoms with Crippen molar-refractivity contribution < 1.29 is 23.9 Å². The summed E-state index contributed by atoms with van der Waals surface area (Å²) >= 11 is 0. The maximum atomic E-state index is 12.4. The van der Waals surface area contributed by atoms with Crippen molar-refractivity contribution >= 4 is 23.7 Å². The summed E-state index contributed by atoms with van der Waals surface area (Å²) in [5.41, 5.74) is 1.21. The molecule has 0 spiro atoms. The molecule has 1 saturated heterocycles. The van der Waals surface area contributed by atoms with E-state index in [2.05, 4.69) is 0 Å². The van der Waals surface area contributed by atoms with Crippen molar-refractivity contribution in [2.75, 3.05) is 13.7 Å². The minimum Gasteiger partial charge on any atom is -0.493 e. The number of ether oxygens (including phenoxy) is 2. The lowest BCUT2D eigenvalue weighted by atomic mass is 9.94. The number of benzene rings is 1. The van der Waals surface area contributed by atoms with E-state index in [0.717, 1.165) is 31.2 Å². The number of hydrogen-bond acceptors (Lipinski definition) is 5. The Morgan fingerprint density at radius 2 is 1.88 bits per heavy atom. The van der Waals surface area contributed by atoms with Crippen LogP contribution in [0.4, 0.5) is 0 Å². The SMILES string of the molecule is COc1cc(C=C2CN(C3CCCCC3)C(=O)C2=O)ccc1OC(C)=O. The van der Waals surface area contributed by atoms with Crippen LogP contribution in [0.5, 0.6) is 11.5 Å². The van der Waals surface area contributed by atoms with Crippen molar-refractivity contribution in [3.8, 4) is 11.5 Å². The lowest BCUT2D eigenvalue weighted by Crippen LogP contribution is -2.38. The van der Waals surface area contributed by atoms with E-state index in [1.165, 1.54) is 20.5 Å². The van der Waals surface area contributed by atoms with Gasteiger partial charge in [0.1, 0.15) is 0 Å². The summed E-state index contributed by atoms with van der Waals surface area (Å²) in [5.74, 6) is -0.547. The largest absolute Gasteiger partial charge is 0.493 e. The Balaban J connectivity index is 1.81. The van der Waals surface area contributed by atoms with Crippen LogP contribution in [0, 0.1) is 0 Å². The van der Waals surface area contributed by atoms with Crippen LogP contribution in [0.3, 0.4) is 0 Å². The molecule has 2 aliphatic rings. The zero-order valence-corrected chi connectivity index (χ0v) is 15.1. The number of hydrogen-bond donors (Lipinski definition) is 0. The maximum Gasteiger partial charge on any atom is 0.308 e. The number of amides is 1. The summed E-state index contributed by atoms with van der Waals surface area (Å²) in [6, 6.07) is 5.21. The first kappa shape index (κ1) is 18.2. The third-order valence-electron chi connectivity index (χ3n) is 4.89. The molecule has 26 heavy (non-hydrogen) atoms. The average molecular weight is 357 g/mol. The van der Waals surface area contributed by atoms with Gasteiger partial charge in [0.15, 0.2) is 11.5 Å². The van der Waals surface area contributed by atoms with Gasteiger partial charge < -0.3 is 14.4 Å². The predicted octanol–water partition coefficient (Wildman–Crippen LogP) is 2.75. The van der Waals surface area contributed by atoms with Gasteiger partial charge in [-0.3, -0.25) is 14.4 Å². The Bertz CT molecular complexity index is 761. The van der Waals surface area contributed by atoms with E-state index in [0.29, 0.717) is 23.6 Å². The second-order valence-electron chi connectivity index (χ2n) is 6.73. The molecule has 6 nitrogen and oxygen atoms in total. The van der Waals surface area contributed by atoms with Gasteiger partial charge in [-0.15, -0.1) is 0 Å². The second-order valence-corrected chi connectivity index (χ2v) is 6.73. The van der Waals surface area contributed by atoms with Gasteiger partial charge in [0.2, 0.25) is 5.78 Å². The fourth-order valence-corrected chi connectivity index (χ4v) is 3.61. The second kappa shape index (κ2) is 7.72. The molecule has 2 fully saturated rings. The third kappa shape index (κ3) is 3.79. The van der Waals surface area contributed by atoms with Crippen molar-refractivity contribution in [1.29, 1.82) is 0 Å². The van der Waals surface area contributed by atoms with Gasteiger partial charge in [0, 0.05) is 18.5 Å². The van der Waals surface area contributed by atoms with Crippen molar-refractivity contribution in [2.24, 2.45) is 0 Å². The maximum absolute atomic E-state index is 12.4. The summed E-state index contributed by atoms with van der Waals surface area (Å²) in [6.45, 7) is 1.67. The van der Waals surface area contributed by atoms with Gasteiger partial charge in [-0.25, -0.2) is 0 Å². The summed E-state index contributed by atoms with van der Waals surface area (Å²) in [6.07, 6.45) is 7.06. The molecule has 1 amide bonds. The molecule has 0 unspecified atom stereocenters. The Kier molecular flexibility index (Phi) is 5.40. The third-order valence-corrected chi connectivity index (χ3v) is 4.89. The number of methoxy groups -OCH3 is 1. The molecule has 0 bridgehead atoms. The first-order valence-electron chi connectivity index (χ1n) is 8.92. The Morgan fingerprint density at radius 1 is 1.15 bits per heavy atom. The highest BCUT2D eigenvalue weighted by atomic mass is 16.6. The van der Waals surface area contributed by atoms with Crippen molar-refractivity contribution in [2.45, 2.75) is 45.1 Å². The lowest BCUT2D eigenvalue weighted by molar-refractivity contribution is -0.140. The molecule has 138 valence electrons. The van der Waals surface area contributed by atoms with E-state index in [9.17, 15) is 14.4 Å². The van der Waals surface area contributed by atoms with Gasteiger partial charge in [-0.2, -0.15) is 0 Å². The molecule has 0 aromatic heterocycles. The molecular weight excluding hydrogens is 334 g/mol. The number of nitrogens with zero attached hydrogens (tertiary/aromatic N) is 1. The van der Waals surface area contributed by atoms with Gasteiger partial charge in [0.25, 0.3) is 5.91 Å². The minimum absolute atomic E-state index is 0.173. The topological polar surface area (TPSA) is 72.9 Å². The Hall–Kier alpha value is -2.63. The van der Waals surface area contributed by atoms with Crippen LogP contribution in [0.25, 0.3) is 6.08 Å². The molecule has 1 saturated carbocycles. The molecule has 1 heterocycles. The number of carbonyl (C=O) groups excluding carboxylic acids is 3. The molecule has 3 rings (SSSR count). The number of likely N-dealkylation sites (tertiary alicyclic amines) is 1. The monoisotopic (exact) mass is 357 g/mol. The first-order valence-corrected chi connectivity index (χ1v) is 8.92. The summed E-state index contributed by atoms with van der Waals surface area (Å²) in [7, 11) is 1.48. The van der Waals surface area contributed by atoms with E-state index in [4.69, 9.17) is 9.47 Å². The standard InChI is InChI=1S/C20H23NO5/c1-13(22)26-17-9-8-14(11-18(17)25-2)10-15-12-21(20(24)19(15)23)16-6-4-3-5-7-16/h8-11,16H,3-7,12H2,1-2H3. The molecule has 1 aliphatic carbocycles. The van der Waals surface area contributed by atoms with Crippen LogP contribution < -0.4 is 9.47 Å². The molecular formula is C20H23NO5. The van der Waals surface area contributed by atoms with Crippen LogP contribution in [-0.2, 0) is 14.4 Å². The summed E-state index contributed by atoms with van der Waals surface area (Å²) in [5, 5.41) is 0. The van der Waals surface area contributed by atoms with E-state index >= 15 is 0 Å². The zero-order chi connectivity index (χ0) is 18.7. The minimum atomic E-state index is -0.436. The highest BCUT2D eigenvalue weighted by Crippen LogP contribution is 2.31. The molecule has 0 N–H and O–H groups in total. The molecule has 0 radical (unpaired) electrons. The van der Waals surface area contributed by atoms with Gasteiger partial charge in [-0.05, 0) is 36.6 Å². The van der Waals surface area contributed by atoms with Crippen LogP contribution in [0.15, 0.2) is 23.8 Å². The summed E-state index contributed by atoms with van der Waals surface area (Å²) in [4.78, 5) is 37.6. The lowest BCUT2D eigenvalue weighted by Gasteiger charge is -2.30. The van der Waals surface area contributed by atoms with E-state index in [1.54, 1.807) is 29.2 Å². The first-order chi connectivity index (χ1) is 12.5. The van der Waals surface area contributed by atoms with E-state index < -0.39 is 17.7 Å². The van der Waals surface area contributed by atoms with Gasteiger partial charge in [-0.1, -0.05) is 25.3 Å². The number of ketones is 1. The van der Waals surface area contributed by atoms with Crippen molar-refractivity contribution in [3.63, 3.8) is 0 Å². The Morgan fingerprint density at radius 3 is 2.54 bits per heavy atom. The number of esters is 1. The van der Waals surface area contributed by atoms with Crippen molar-refractivity contribution in [3.05, 3.63) is 29.3 Å². The molecule has 1 aromatic rings. The van der Waals surface area contributed by atoms with Crippen LogP contribution in [0.2, 0.25) is 0 Å². The molecule has 1 aromatic carbocycles. The predicted molar refractivity (Wildman–Crippen MR) is 95.9 cm³/mol.